The van der Waals surface area contributed by atoms with Crippen molar-refractivity contribution in [1.29, 1.82) is 0 Å². The van der Waals surface area contributed by atoms with Crippen molar-refractivity contribution in [2.75, 3.05) is 19.7 Å². The third-order valence-electron chi connectivity index (χ3n) is 4.43. The molecule has 1 aromatic carbocycles. The Kier molecular flexibility index (Phi) is 5.80. The van der Waals surface area contributed by atoms with Crippen molar-refractivity contribution < 1.29 is 28.6 Å². The molecule has 1 unspecified atom stereocenters. The maximum atomic E-state index is 13.0. The maximum Gasteiger partial charge on any atom is 0.306 e. The Labute approximate surface area is 155 Å². The lowest BCUT2D eigenvalue weighted by Crippen LogP contribution is -2.49. The number of rotatable bonds is 5. The summed E-state index contributed by atoms with van der Waals surface area (Å²) in [4.78, 5) is 37.2. The molecule has 0 radical (unpaired) electrons. The number of carboxylic acids is 1. The largest absolute Gasteiger partial charge is 0.481 e. The van der Waals surface area contributed by atoms with Gasteiger partial charge < -0.3 is 14.7 Å². The van der Waals surface area contributed by atoms with Crippen molar-refractivity contribution in [1.82, 2.24) is 9.91 Å². The first kappa shape index (κ1) is 19.0. The molecule has 0 aromatic heterocycles. The third kappa shape index (κ3) is 4.88. The van der Waals surface area contributed by atoms with Gasteiger partial charge in [-0.3, -0.25) is 14.4 Å². The molecule has 3 rings (SSSR count). The van der Waals surface area contributed by atoms with E-state index in [0.29, 0.717) is 12.1 Å². The number of carboxylic acid groups (broad SMARTS) is 1. The van der Waals surface area contributed by atoms with Crippen molar-refractivity contribution in [2.24, 2.45) is 5.10 Å². The van der Waals surface area contributed by atoms with E-state index in [1.54, 1.807) is 12.1 Å². The lowest BCUT2D eigenvalue weighted by atomic mass is 10.1. The van der Waals surface area contributed by atoms with Crippen LogP contribution in [0.25, 0.3) is 0 Å². The number of benzene rings is 1. The molecular weight excluding hydrogens is 357 g/mol. The van der Waals surface area contributed by atoms with Crippen LogP contribution in [0.15, 0.2) is 29.4 Å². The predicted molar refractivity (Wildman–Crippen MR) is 92.2 cm³/mol. The smallest absolute Gasteiger partial charge is 0.306 e. The van der Waals surface area contributed by atoms with E-state index >= 15 is 0 Å². The molecule has 1 saturated heterocycles. The summed E-state index contributed by atoms with van der Waals surface area (Å²) in [5.74, 6) is -1.88. The SMILES string of the molecule is O=C(O)CC1CN(C(=O)C2=NN(Cc3ccc(F)cc3)C(=O)CC2)CCO1. The fraction of sp³-hybridized carbons (Fsp3) is 0.444. The average molecular weight is 377 g/mol. The Morgan fingerprint density at radius 2 is 2.00 bits per heavy atom. The van der Waals surface area contributed by atoms with E-state index in [1.807, 2.05) is 0 Å². The van der Waals surface area contributed by atoms with E-state index in [9.17, 15) is 18.8 Å². The molecule has 2 aliphatic rings. The Bertz CT molecular complexity index is 765. The van der Waals surface area contributed by atoms with Gasteiger partial charge in [0.25, 0.3) is 5.91 Å². The predicted octanol–water partition coefficient (Wildman–Crippen LogP) is 1.01. The molecule has 1 aromatic rings. The number of carbonyl (C=O) groups is 3. The molecule has 0 aliphatic carbocycles. The lowest BCUT2D eigenvalue weighted by Gasteiger charge is -2.33. The van der Waals surface area contributed by atoms with Crippen LogP contribution in [0.3, 0.4) is 0 Å². The number of nitrogens with zero attached hydrogens (tertiary/aromatic N) is 3. The molecule has 1 atom stereocenters. The average Bonchev–Trinajstić information content (AvgIpc) is 2.64. The summed E-state index contributed by atoms with van der Waals surface area (Å²) in [7, 11) is 0. The van der Waals surface area contributed by atoms with Gasteiger partial charge in [0.1, 0.15) is 11.5 Å². The van der Waals surface area contributed by atoms with Gasteiger partial charge in [0.2, 0.25) is 5.91 Å². The van der Waals surface area contributed by atoms with Crippen molar-refractivity contribution >= 4 is 23.5 Å². The van der Waals surface area contributed by atoms with Crippen LogP contribution in [-0.4, -0.2) is 64.3 Å². The van der Waals surface area contributed by atoms with E-state index in [2.05, 4.69) is 5.10 Å². The van der Waals surface area contributed by atoms with E-state index in [4.69, 9.17) is 9.84 Å². The van der Waals surface area contributed by atoms with Crippen molar-refractivity contribution in [3.63, 3.8) is 0 Å². The molecule has 0 spiro atoms. The Morgan fingerprint density at radius 3 is 2.70 bits per heavy atom. The molecule has 2 heterocycles. The monoisotopic (exact) mass is 377 g/mol. The second-order valence-electron chi connectivity index (χ2n) is 6.47. The van der Waals surface area contributed by atoms with Gasteiger partial charge in [-0.1, -0.05) is 12.1 Å². The number of hydrogen-bond acceptors (Lipinski definition) is 5. The summed E-state index contributed by atoms with van der Waals surface area (Å²) >= 11 is 0. The van der Waals surface area contributed by atoms with Gasteiger partial charge in [0, 0.05) is 25.9 Å². The van der Waals surface area contributed by atoms with E-state index in [1.165, 1.54) is 22.0 Å². The maximum absolute atomic E-state index is 13.0. The van der Waals surface area contributed by atoms with Crippen LogP contribution in [0.5, 0.6) is 0 Å². The zero-order valence-corrected chi connectivity index (χ0v) is 14.6. The first-order valence-electron chi connectivity index (χ1n) is 8.67. The zero-order chi connectivity index (χ0) is 19.4. The Balaban J connectivity index is 1.69. The van der Waals surface area contributed by atoms with Crippen LogP contribution in [0.4, 0.5) is 4.39 Å². The number of halogens is 1. The molecule has 2 amide bonds. The van der Waals surface area contributed by atoms with Crippen molar-refractivity contribution in [3.05, 3.63) is 35.6 Å². The standard InChI is InChI=1S/C18H20FN3O5/c19-13-3-1-12(2-4-13)10-22-16(23)6-5-15(20-22)18(26)21-7-8-27-14(11-21)9-17(24)25/h1-4,14H,5-11H2,(H,24,25). The number of ether oxygens (including phenoxy) is 1. The molecule has 9 heteroatoms. The minimum Gasteiger partial charge on any atom is -0.481 e. The van der Waals surface area contributed by atoms with E-state index in [0.717, 1.165) is 0 Å². The van der Waals surface area contributed by atoms with Gasteiger partial charge in [-0.05, 0) is 17.7 Å². The quantitative estimate of drug-likeness (QED) is 0.825. The van der Waals surface area contributed by atoms with Crippen LogP contribution in [0, 0.1) is 5.82 Å². The number of morpholine rings is 1. The highest BCUT2D eigenvalue weighted by Gasteiger charge is 2.31. The van der Waals surface area contributed by atoms with Crippen LogP contribution < -0.4 is 0 Å². The van der Waals surface area contributed by atoms with Gasteiger partial charge in [0.05, 0.1) is 25.7 Å². The first-order valence-corrected chi connectivity index (χ1v) is 8.67. The molecular formula is C18H20FN3O5. The fourth-order valence-corrected chi connectivity index (χ4v) is 3.05. The molecule has 0 saturated carbocycles. The highest BCUT2D eigenvalue weighted by Crippen LogP contribution is 2.17. The molecule has 8 nitrogen and oxygen atoms in total. The van der Waals surface area contributed by atoms with Gasteiger partial charge in [0.15, 0.2) is 0 Å². The Morgan fingerprint density at radius 1 is 1.26 bits per heavy atom. The summed E-state index contributed by atoms with van der Waals surface area (Å²) in [5.41, 5.74) is 0.961. The normalized spacial score (nSPS) is 20.4. The van der Waals surface area contributed by atoms with Gasteiger partial charge >= 0.3 is 5.97 Å². The summed E-state index contributed by atoms with van der Waals surface area (Å²) in [6, 6.07) is 5.73. The van der Waals surface area contributed by atoms with Crippen LogP contribution in [-0.2, 0) is 25.7 Å². The number of carbonyl (C=O) groups excluding carboxylic acids is 2. The summed E-state index contributed by atoms with van der Waals surface area (Å²) in [6.45, 7) is 0.936. The summed E-state index contributed by atoms with van der Waals surface area (Å²) in [5, 5.41) is 14.3. The third-order valence-corrected chi connectivity index (χ3v) is 4.43. The number of hydrogen-bond donors (Lipinski definition) is 1. The second-order valence-corrected chi connectivity index (χ2v) is 6.47. The number of aliphatic carboxylic acids is 1. The second kappa shape index (κ2) is 8.26. The van der Waals surface area contributed by atoms with Crippen molar-refractivity contribution in [2.45, 2.75) is 31.9 Å². The molecule has 1 fully saturated rings. The Hall–Kier alpha value is -2.81. The van der Waals surface area contributed by atoms with Crippen molar-refractivity contribution in [3.8, 4) is 0 Å². The molecule has 27 heavy (non-hydrogen) atoms. The molecule has 144 valence electrons. The molecule has 2 aliphatic heterocycles. The fourth-order valence-electron chi connectivity index (χ4n) is 3.05. The lowest BCUT2D eigenvalue weighted by molar-refractivity contribution is -0.145. The minimum absolute atomic E-state index is 0.153. The van der Waals surface area contributed by atoms with Crippen LogP contribution in [0.1, 0.15) is 24.8 Å². The van der Waals surface area contributed by atoms with Crippen LogP contribution >= 0.6 is 0 Å². The summed E-state index contributed by atoms with van der Waals surface area (Å²) in [6.07, 6.45) is -0.333. The minimum atomic E-state index is -0.986. The van der Waals surface area contributed by atoms with Gasteiger partial charge in [-0.25, -0.2) is 9.40 Å². The van der Waals surface area contributed by atoms with E-state index < -0.39 is 12.1 Å². The highest BCUT2D eigenvalue weighted by molar-refractivity contribution is 6.39. The highest BCUT2D eigenvalue weighted by atomic mass is 19.1. The first-order chi connectivity index (χ1) is 12.9. The van der Waals surface area contributed by atoms with Gasteiger partial charge in [-0.15, -0.1) is 0 Å². The summed E-state index contributed by atoms with van der Waals surface area (Å²) < 4.78 is 18.4. The van der Waals surface area contributed by atoms with Gasteiger partial charge in [-0.2, -0.15) is 5.10 Å². The number of hydrazone groups is 1. The molecule has 0 bridgehead atoms. The van der Waals surface area contributed by atoms with Crippen LogP contribution in [0.2, 0.25) is 0 Å². The topological polar surface area (TPSA) is 99.5 Å². The zero-order valence-electron chi connectivity index (χ0n) is 14.6. The van der Waals surface area contributed by atoms with E-state index in [-0.39, 0.29) is 62.3 Å². The number of amides is 2. The molecule has 1 N–H and O–H groups in total.